The van der Waals surface area contributed by atoms with Gasteiger partial charge < -0.3 is 10.6 Å². The number of carbonyl (C=O) groups is 2. The number of amides is 2. The van der Waals surface area contributed by atoms with Crippen molar-refractivity contribution < 1.29 is 18.0 Å². The van der Waals surface area contributed by atoms with Crippen LogP contribution in [-0.2, 0) is 14.8 Å². The zero-order valence-corrected chi connectivity index (χ0v) is 20.2. The molecule has 0 unspecified atom stereocenters. The van der Waals surface area contributed by atoms with E-state index in [2.05, 4.69) is 10.6 Å². The average molecular weight is 470 g/mol. The van der Waals surface area contributed by atoms with Crippen molar-refractivity contribution in [3.05, 3.63) is 58.7 Å². The van der Waals surface area contributed by atoms with Gasteiger partial charge in [0.1, 0.15) is 0 Å². The van der Waals surface area contributed by atoms with Gasteiger partial charge in [-0.25, -0.2) is 8.42 Å². The van der Waals surface area contributed by atoms with Crippen molar-refractivity contribution in [1.82, 2.24) is 9.62 Å². The minimum absolute atomic E-state index is 0.0944. The summed E-state index contributed by atoms with van der Waals surface area (Å²) in [5.41, 5.74) is 3.74. The van der Waals surface area contributed by atoms with Crippen molar-refractivity contribution >= 4 is 27.5 Å². The highest BCUT2D eigenvalue weighted by Gasteiger charge is 2.33. The Balaban J connectivity index is 1.35. The zero-order chi connectivity index (χ0) is 23.8. The molecule has 2 aromatic carbocycles. The Labute approximate surface area is 195 Å². The predicted octanol–water partition coefficient (Wildman–Crippen LogP) is 3.54. The quantitative estimate of drug-likeness (QED) is 0.676. The minimum atomic E-state index is -3.60. The summed E-state index contributed by atoms with van der Waals surface area (Å²) in [5.74, 6) is -0.470. The van der Waals surface area contributed by atoms with Crippen LogP contribution in [-0.4, -0.2) is 43.7 Å². The number of nitrogens with one attached hydrogen (secondary N) is 2. The molecule has 0 aromatic heterocycles. The maximum absolute atomic E-state index is 13.3. The monoisotopic (exact) mass is 469 g/mol. The van der Waals surface area contributed by atoms with E-state index in [0.717, 1.165) is 29.5 Å². The van der Waals surface area contributed by atoms with E-state index in [4.69, 9.17) is 0 Å². The van der Waals surface area contributed by atoms with Crippen LogP contribution in [0.15, 0.2) is 41.3 Å². The van der Waals surface area contributed by atoms with Crippen molar-refractivity contribution in [2.75, 3.05) is 18.4 Å². The second-order valence-electron chi connectivity index (χ2n) is 9.22. The molecule has 1 heterocycles. The van der Waals surface area contributed by atoms with Gasteiger partial charge in [-0.1, -0.05) is 17.7 Å². The summed E-state index contributed by atoms with van der Waals surface area (Å²) in [6.45, 7) is 6.24. The molecule has 1 aliphatic heterocycles. The lowest BCUT2D eigenvalue weighted by Crippen LogP contribution is -2.41. The highest BCUT2D eigenvalue weighted by atomic mass is 32.2. The summed E-state index contributed by atoms with van der Waals surface area (Å²) < 4.78 is 28.0. The minimum Gasteiger partial charge on any atom is -0.349 e. The lowest BCUT2D eigenvalue weighted by atomic mass is 9.97. The van der Waals surface area contributed by atoms with Gasteiger partial charge >= 0.3 is 0 Å². The molecule has 2 aliphatic rings. The van der Waals surface area contributed by atoms with Gasteiger partial charge in [0, 0.05) is 36.3 Å². The maximum atomic E-state index is 13.3. The second kappa shape index (κ2) is 9.27. The van der Waals surface area contributed by atoms with Crippen LogP contribution in [0.4, 0.5) is 5.69 Å². The first kappa shape index (κ1) is 23.4. The van der Waals surface area contributed by atoms with Crippen LogP contribution in [0.25, 0.3) is 0 Å². The van der Waals surface area contributed by atoms with Gasteiger partial charge in [0.05, 0.1) is 4.90 Å². The Kier molecular flexibility index (Phi) is 6.59. The summed E-state index contributed by atoms with van der Waals surface area (Å²) in [5, 5.41) is 5.84. The van der Waals surface area contributed by atoms with Gasteiger partial charge in [-0.2, -0.15) is 4.31 Å². The normalized spacial score (nSPS) is 17.5. The molecule has 176 valence electrons. The van der Waals surface area contributed by atoms with Crippen LogP contribution in [0.1, 0.15) is 52.7 Å². The lowest BCUT2D eigenvalue weighted by molar-refractivity contribution is -0.120. The number of anilines is 1. The predicted molar refractivity (Wildman–Crippen MR) is 128 cm³/mol. The van der Waals surface area contributed by atoms with Crippen molar-refractivity contribution in [2.24, 2.45) is 5.92 Å². The van der Waals surface area contributed by atoms with Crippen molar-refractivity contribution in [3.63, 3.8) is 0 Å². The molecule has 2 fully saturated rings. The topological polar surface area (TPSA) is 95.6 Å². The molecule has 33 heavy (non-hydrogen) atoms. The fraction of sp³-hybridized carbons (Fsp3) is 0.440. The van der Waals surface area contributed by atoms with Gasteiger partial charge in [-0.05, 0) is 81.8 Å². The van der Waals surface area contributed by atoms with Crippen LogP contribution >= 0.6 is 0 Å². The molecule has 0 radical (unpaired) electrons. The first-order valence-corrected chi connectivity index (χ1v) is 12.9. The highest BCUT2D eigenvalue weighted by molar-refractivity contribution is 7.89. The molecule has 0 atom stereocenters. The third-order valence-corrected chi connectivity index (χ3v) is 8.56. The number of sulfonamides is 1. The molecule has 4 rings (SSSR count). The van der Waals surface area contributed by atoms with Gasteiger partial charge in [-0.3, -0.25) is 9.59 Å². The number of piperidine rings is 1. The van der Waals surface area contributed by atoms with E-state index in [1.807, 2.05) is 32.9 Å². The summed E-state index contributed by atoms with van der Waals surface area (Å²) in [6, 6.07) is 10.9. The summed E-state index contributed by atoms with van der Waals surface area (Å²) >= 11 is 0. The van der Waals surface area contributed by atoms with E-state index in [-0.39, 0.29) is 17.7 Å². The molecule has 1 saturated heterocycles. The van der Waals surface area contributed by atoms with Gasteiger partial charge in [0.25, 0.3) is 5.91 Å². The molecule has 7 nitrogen and oxygen atoms in total. The van der Waals surface area contributed by atoms with Gasteiger partial charge in [0.2, 0.25) is 15.9 Å². The molecular weight excluding hydrogens is 438 g/mol. The highest BCUT2D eigenvalue weighted by Crippen LogP contribution is 2.29. The fourth-order valence-corrected chi connectivity index (χ4v) is 6.39. The number of nitrogens with zero attached hydrogens (tertiary/aromatic N) is 1. The van der Waals surface area contributed by atoms with Crippen molar-refractivity contribution in [2.45, 2.75) is 57.4 Å². The molecule has 0 spiro atoms. The van der Waals surface area contributed by atoms with Gasteiger partial charge in [0.15, 0.2) is 0 Å². The number of aryl methyl sites for hydroxylation is 3. The number of carbonyl (C=O) groups excluding carboxylic acids is 2. The molecular formula is C25H31N3O4S. The van der Waals surface area contributed by atoms with Crippen LogP contribution in [0, 0.1) is 26.7 Å². The van der Waals surface area contributed by atoms with Crippen molar-refractivity contribution in [1.29, 1.82) is 0 Å². The zero-order valence-electron chi connectivity index (χ0n) is 19.3. The van der Waals surface area contributed by atoms with E-state index >= 15 is 0 Å². The largest absolute Gasteiger partial charge is 0.349 e. The number of benzene rings is 2. The summed E-state index contributed by atoms with van der Waals surface area (Å²) in [7, 11) is -3.60. The molecule has 1 aliphatic carbocycles. The third-order valence-electron chi connectivity index (χ3n) is 6.35. The number of hydrogen-bond acceptors (Lipinski definition) is 4. The van der Waals surface area contributed by atoms with E-state index < -0.39 is 10.0 Å². The molecule has 1 saturated carbocycles. The molecule has 0 bridgehead atoms. The fourth-order valence-electron chi connectivity index (χ4n) is 4.51. The van der Waals surface area contributed by atoms with E-state index in [1.54, 1.807) is 24.3 Å². The first-order valence-electron chi connectivity index (χ1n) is 11.4. The Morgan fingerprint density at radius 3 is 2.03 bits per heavy atom. The average Bonchev–Trinajstić information content (AvgIpc) is 3.57. The molecule has 2 amide bonds. The maximum Gasteiger partial charge on any atom is 0.251 e. The summed E-state index contributed by atoms with van der Waals surface area (Å²) in [4.78, 5) is 25.2. The van der Waals surface area contributed by atoms with E-state index in [1.165, 1.54) is 4.31 Å². The second-order valence-corrected chi connectivity index (χ2v) is 11.1. The van der Waals surface area contributed by atoms with Crippen LogP contribution < -0.4 is 10.6 Å². The molecule has 8 heteroatoms. The van der Waals surface area contributed by atoms with E-state index in [9.17, 15) is 18.0 Å². The SMILES string of the molecule is Cc1cc(C)c(S(=O)(=O)N2CCC(C(=O)Nc3ccc(C(=O)NC4CC4)cc3)CC2)c(C)c1. The first-order chi connectivity index (χ1) is 15.6. The number of rotatable bonds is 6. The smallest absolute Gasteiger partial charge is 0.251 e. The van der Waals surface area contributed by atoms with Crippen LogP contribution in [0.3, 0.4) is 0 Å². The lowest BCUT2D eigenvalue weighted by Gasteiger charge is -2.31. The van der Waals surface area contributed by atoms with Gasteiger partial charge in [-0.15, -0.1) is 0 Å². The molecule has 2 aromatic rings. The van der Waals surface area contributed by atoms with Crippen molar-refractivity contribution in [3.8, 4) is 0 Å². The third kappa shape index (κ3) is 5.28. The Hall–Kier alpha value is -2.71. The Bertz CT molecular complexity index is 1140. The Morgan fingerprint density at radius 2 is 1.48 bits per heavy atom. The van der Waals surface area contributed by atoms with Crippen LogP contribution in [0.2, 0.25) is 0 Å². The number of hydrogen-bond donors (Lipinski definition) is 2. The Morgan fingerprint density at radius 1 is 0.909 bits per heavy atom. The van der Waals surface area contributed by atoms with E-state index in [0.29, 0.717) is 48.1 Å². The standard InChI is InChI=1S/C25H31N3O4S/c1-16-14-17(2)23(18(3)15-16)33(31,32)28-12-10-20(11-13-28)25(30)26-21-6-4-19(5-7-21)24(29)27-22-8-9-22/h4-7,14-15,20,22H,8-13H2,1-3H3,(H,26,30)(H,27,29). The van der Waals surface area contributed by atoms with Crippen LogP contribution in [0.5, 0.6) is 0 Å². The summed E-state index contributed by atoms with van der Waals surface area (Å²) in [6.07, 6.45) is 3.00. The molecule has 2 N–H and O–H groups in total.